The second kappa shape index (κ2) is 5.58. The molecule has 2 aromatic rings. The molecule has 0 atom stereocenters. The first-order valence-corrected chi connectivity index (χ1v) is 6.26. The first kappa shape index (κ1) is 13.8. The zero-order valence-electron chi connectivity index (χ0n) is 9.45. The van der Waals surface area contributed by atoms with Crippen LogP contribution in [0.1, 0.15) is 5.56 Å². The summed E-state index contributed by atoms with van der Waals surface area (Å²) < 4.78 is 5.56. The fraction of sp³-hybridized carbons (Fsp3) is 0. The van der Waals surface area contributed by atoms with Crippen molar-refractivity contribution < 1.29 is 4.74 Å². The lowest BCUT2D eigenvalue weighted by Crippen LogP contribution is -1.93. The molecule has 96 valence electrons. The van der Waals surface area contributed by atoms with Crippen molar-refractivity contribution in [1.29, 1.82) is 5.26 Å². The number of hydrogen-bond acceptors (Lipinski definition) is 3. The summed E-state index contributed by atoms with van der Waals surface area (Å²) in [4.78, 5) is 0. The fourth-order valence-electron chi connectivity index (χ4n) is 1.41. The average Bonchev–Trinajstić information content (AvgIpc) is 2.36. The number of nitrogens with two attached hydrogens (primary N) is 1. The predicted molar refractivity (Wildman–Crippen MR) is 77.1 cm³/mol. The van der Waals surface area contributed by atoms with Gasteiger partial charge in [0.15, 0.2) is 5.75 Å². The van der Waals surface area contributed by atoms with Gasteiger partial charge in [-0.05, 0) is 18.2 Å². The molecule has 0 aliphatic carbocycles. The second-order valence-electron chi connectivity index (χ2n) is 3.66. The Hall–Kier alpha value is -1.60. The summed E-state index contributed by atoms with van der Waals surface area (Å²) in [6.45, 7) is 0. The molecule has 0 unspecified atom stereocenters. The molecule has 0 spiro atoms. The van der Waals surface area contributed by atoms with Crippen molar-refractivity contribution in [3.63, 3.8) is 0 Å². The van der Waals surface area contributed by atoms with Crippen LogP contribution < -0.4 is 10.5 Å². The largest absolute Gasteiger partial charge is 0.455 e. The highest BCUT2D eigenvalue weighted by atomic mass is 35.5. The highest BCUT2D eigenvalue weighted by Crippen LogP contribution is 2.35. The van der Waals surface area contributed by atoms with E-state index < -0.39 is 0 Å². The summed E-state index contributed by atoms with van der Waals surface area (Å²) in [5.41, 5.74) is 6.51. The van der Waals surface area contributed by atoms with E-state index in [4.69, 9.17) is 50.5 Å². The van der Waals surface area contributed by atoms with Crippen LogP contribution in [0.2, 0.25) is 15.1 Å². The quantitative estimate of drug-likeness (QED) is 0.803. The van der Waals surface area contributed by atoms with E-state index in [9.17, 15) is 0 Å². The minimum absolute atomic E-state index is 0.304. The average molecular weight is 314 g/mol. The Bertz CT molecular complexity index is 680. The van der Waals surface area contributed by atoms with Crippen molar-refractivity contribution in [2.24, 2.45) is 0 Å². The molecule has 0 saturated carbocycles. The van der Waals surface area contributed by atoms with Gasteiger partial charge in [0.2, 0.25) is 0 Å². The van der Waals surface area contributed by atoms with Crippen molar-refractivity contribution in [1.82, 2.24) is 0 Å². The monoisotopic (exact) mass is 312 g/mol. The number of nitriles is 1. The molecule has 2 aromatic carbocycles. The number of hydrogen-bond donors (Lipinski definition) is 1. The van der Waals surface area contributed by atoms with E-state index in [1.807, 2.05) is 6.07 Å². The van der Waals surface area contributed by atoms with Gasteiger partial charge in [-0.2, -0.15) is 5.26 Å². The summed E-state index contributed by atoms with van der Waals surface area (Å²) in [6, 6.07) is 9.70. The molecule has 0 aliphatic heterocycles. The van der Waals surface area contributed by atoms with Crippen LogP contribution in [-0.4, -0.2) is 0 Å². The van der Waals surface area contributed by atoms with Gasteiger partial charge in [0, 0.05) is 12.1 Å². The van der Waals surface area contributed by atoms with Crippen LogP contribution in [0.3, 0.4) is 0 Å². The van der Waals surface area contributed by atoms with Crippen molar-refractivity contribution in [2.45, 2.75) is 0 Å². The first-order valence-electron chi connectivity index (χ1n) is 5.13. The van der Waals surface area contributed by atoms with Crippen LogP contribution in [-0.2, 0) is 0 Å². The van der Waals surface area contributed by atoms with Crippen LogP contribution in [0.25, 0.3) is 0 Å². The molecular weight excluding hydrogens is 307 g/mol. The number of halogens is 3. The van der Waals surface area contributed by atoms with E-state index in [-0.39, 0.29) is 0 Å². The third kappa shape index (κ3) is 3.05. The van der Waals surface area contributed by atoms with Gasteiger partial charge in [0.1, 0.15) is 11.8 Å². The molecule has 2 N–H and O–H groups in total. The zero-order chi connectivity index (χ0) is 14.0. The van der Waals surface area contributed by atoms with Crippen molar-refractivity contribution in [2.75, 3.05) is 5.73 Å². The minimum Gasteiger partial charge on any atom is -0.455 e. The first-order chi connectivity index (χ1) is 9.01. The predicted octanol–water partition coefficient (Wildman–Crippen LogP) is 4.89. The third-order valence-corrected chi connectivity index (χ3v) is 3.38. The van der Waals surface area contributed by atoms with E-state index in [1.165, 1.54) is 18.2 Å². The number of nitrogens with zero attached hydrogens (tertiary/aromatic N) is 1. The fourth-order valence-corrected chi connectivity index (χ4v) is 1.95. The lowest BCUT2D eigenvalue weighted by Gasteiger charge is -2.10. The number of anilines is 1. The molecule has 0 fully saturated rings. The third-order valence-electron chi connectivity index (χ3n) is 2.34. The molecule has 0 radical (unpaired) electrons. The van der Waals surface area contributed by atoms with Gasteiger partial charge in [0.05, 0.1) is 26.3 Å². The summed E-state index contributed by atoms with van der Waals surface area (Å²) in [5.74, 6) is 0.823. The summed E-state index contributed by atoms with van der Waals surface area (Å²) >= 11 is 17.6. The Balaban J connectivity index is 2.34. The van der Waals surface area contributed by atoms with Crippen LogP contribution >= 0.6 is 34.8 Å². The van der Waals surface area contributed by atoms with Crippen LogP contribution in [0.15, 0.2) is 30.3 Å². The van der Waals surface area contributed by atoms with Gasteiger partial charge < -0.3 is 10.5 Å². The van der Waals surface area contributed by atoms with Crippen molar-refractivity contribution in [3.8, 4) is 17.6 Å². The van der Waals surface area contributed by atoms with Crippen molar-refractivity contribution in [3.05, 3.63) is 51.0 Å². The maximum absolute atomic E-state index is 8.78. The van der Waals surface area contributed by atoms with Gasteiger partial charge in [-0.1, -0.05) is 34.8 Å². The van der Waals surface area contributed by atoms with Gasteiger partial charge in [-0.25, -0.2) is 0 Å². The standard InChI is InChI=1S/C13H7Cl3N2O/c14-9-3-8(2-1-7(9)6-17)19-13-5-11(16)10(15)4-12(13)18/h1-5H,18H2. The summed E-state index contributed by atoms with van der Waals surface area (Å²) in [6.07, 6.45) is 0. The maximum atomic E-state index is 8.78. The Morgan fingerprint density at radius 2 is 1.68 bits per heavy atom. The molecule has 3 nitrogen and oxygen atoms in total. The Morgan fingerprint density at radius 3 is 2.32 bits per heavy atom. The van der Waals surface area contributed by atoms with E-state index in [0.717, 1.165) is 0 Å². The molecule has 0 heterocycles. The molecule has 2 rings (SSSR count). The highest BCUT2D eigenvalue weighted by Gasteiger charge is 2.08. The Morgan fingerprint density at radius 1 is 1.00 bits per heavy atom. The molecule has 19 heavy (non-hydrogen) atoms. The number of ether oxygens (including phenoxy) is 1. The van der Waals surface area contributed by atoms with E-state index in [0.29, 0.717) is 37.8 Å². The molecule has 6 heteroatoms. The smallest absolute Gasteiger partial charge is 0.151 e. The van der Waals surface area contributed by atoms with E-state index in [2.05, 4.69) is 0 Å². The molecule has 0 amide bonds. The molecule has 0 aromatic heterocycles. The minimum atomic E-state index is 0.304. The van der Waals surface area contributed by atoms with E-state index >= 15 is 0 Å². The van der Waals surface area contributed by atoms with E-state index in [1.54, 1.807) is 12.1 Å². The molecule has 0 saturated heterocycles. The normalized spacial score (nSPS) is 10.0. The van der Waals surface area contributed by atoms with Gasteiger partial charge in [-0.3, -0.25) is 0 Å². The molecule has 0 bridgehead atoms. The zero-order valence-corrected chi connectivity index (χ0v) is 11.7. The van der Waals surface area contributed by atoms with Crippen LogP contribution in [0, 0.1) is 11.3 Å². The summed E-state index contributed by atoms with van der Waals surface area (Å²) in [7, 11) is 0. The highest BCUT2D eigenvalue weighted by molar-refractivity contribution is 6.42. The number of benzene rings is 2. The van der Waals surface area contributed by atoms with Crippen LogP contribution in [0.5, 0.6) is 11.5 Å². The van der Waals surface area contributed by atoms with Crippen LogP contribution in [0.4, 0.5) is 5.69 Å². The SMILES string of the molecule is N#Cc1ccc(Oc2cc(Cl)c(Cl)cc2N)cc1Cl. The molecular formula is C13H7Cl3N2O. The maximum Gasteiger partial charge on any atom is 0.151 e. The Labute approximate surface area is 125 Å². The summed E-state index contributed by atoms with van der Waals surface area (Å²) in [5, 5.41) is 9.78. The van der Waals surface area contributed by atoms with Crippen molar-refractivity contribution >= 4 is 40.5 Å². The van der Waals surface area contributed by atoms with Gasteiger partial charge >= 0.3 is 0 Å². The topological polar surface area (TPSA) is 59.0 Å². The second-order valence-corrected chi connectivity index (χ2v) is 4.88. The Kier molecular flexibility index (Phi) is 4.06. The van der Waals surface area contributed by atoms with Gasteiger partial charge in [0.25, 0.3) is 0 Å². The van der Waals surface area contributed by atoms with Gasteiger partial charge in [-0.15, -0.1) is 0 Å². The lowest BCUT2D eigenvalue weighted by atomic mass is 10.2. The number of nitrogen functional groups attached to an aromatic ring is 1. The molecule has 0 aliphatic rings. The number of rotatable bonds is 2. The lowest BCUT2D eigenvalue weighted by molar-refractivity contribution is 0.485.